The van der Waals surface area contributed by atoms with E-state index in [0.29, 0.717) is 5.92 Å². The number of rotatable bonds is 5. The van der Waals surface area contributed by atoms with Crippen LogP contribution in [0.4, 0.5) is 17.1 Å². The summed E-state index contributed by atoms with van der Waals surface area (Å²) in [7, 11) is 0. The van der Waals surface area contributed by atoms with E-state index in [1.165, 1.54) is 66.3 Å². The maximum absolute atomic E-state index is 2.49. The van der Waals surface area contributed by atoms with E-state index in [1.54, 1.807) is 0 Å². The van der Waals surface area contributed by atoms with Crippen molar-refractivity contribution >= 4 is 38.6 Å². The number of fused-ring (bicyclic) bond motifs is 2. The highest BCUT2D eigenvalue weighted by molar-refractivity contribution is 6.22. The zero-order valence-electron chi connectivity index (χ0n) is 28.5. The van der Waals surface area contributed by atoms with E-state index in [1.807, 2.05) is 0 Å². The second kappa shape index (κ2) is 11.5. The Balaban J connectivity index is 1.82. The van der Waals surface area contributed by atoms with Gasteiger partial charge in [0.2, 0.25) is 0 Å². The van der Waals surface area contributed by atoms with Crippen LogP contribution in [0.2, 0.25) is 0 Å². The minimum atomic E-state index is 0.0109. The van der Waals surface area contributed by atoms with Gasteiger partial charge >= 0.3 is 0 Å². The Morgan fingerprint density at radius 3 is 1.56 bits per heavy atom. The van der Waals surface area contributed by atoms with Crippen molar-refractivity contribution in [1.29, 1.82) is 0 Å². The van der Waals surface area contributed by atoms with Crippen molar-refractivity contribution in [2.24, 2.45) is 0 Å². The molecule has 0 bridgehead atoms. The first-order valence-electron chi connectivity index (χ1n) is 16.4. The molecule has 1 heteroatoms. The smallest absolute Gasteiger partial charge is 0.0618 e. The normalized spacial score (nSPS) is 12.3. The zero-order valence-corrected chi connectivity index (χ0v) is 28.5. The lowest BCUT2D eigenvalue weighted by atomic mass is 9.81. The third kappa shape index (κ3) is 5.89. The largest absolute Gasteiger partial charge is 0.309 e. The third-order valence-electron chi connectivity index (χ3n) is 9.22. The average Bonchev–Trinajstić information content (AvgIpc) is 3.01. The minimum absolute atomic E-state index is 0.0109. The fraction of sp³-hybridized carbons (Fsp3) is 0.273. The van der Waals surface area contributed by atoms with E-state index in [-0.39, 0.29) is 10.8 Å². The molecular weight excluding hydrogens is 542 g/mol. The van der Waals surface area contributed by atoms with Crippen LogP contribution in [-0.4, -0.2) is 0 Å². The van der Waals surface area contributed by atoms with E-state index >= 15 is 0 Å². The summed E-state index contributed by atoms with van der Waals surface area (Å²) in [6.07, 6.45) is 0. The Kier molecular flexibility index (Phi) is 7.86. The van der Waals surface area contributed by atoms with Gasteiger partial charge in [0.05, 0.1) is 5.69 Å². The van der Waals surface area contributed by atoms with Crippen LogP contribution in [0.3, 0.4) is 0 Å². The van der Waals surface area contributed by atoms with Crippen molar-refractivity contribution in [2.45, 2.75) is 79.1 Å². The molecule has 1 nitrogen and oxygen atoms in total. The van der Waals surface area contributed by atoms with Gasteiger partial charge in [-0.3, -0.25) is 0 Å². The van der Waals surface area contributed by atoms with Gasteiger partial charge in [0.1, 0.15) is 0 Å². The molecule has 0 aliphatic heterocycles. The standard InChI is InChI=1S/C44H47N/c1-29(2)31-17-23-36(24-18-31)45(35-21-15-30(3)16-22-35)42-38-26-20-33(43(4,5)6)27-39(38)41(32-13-11-10-12-14-32)37-25-19-34(28-40(37)42)44(7,8)9/h10-29H,1-9H3. The molecule has 45 heavy (non-hydrogen) atoms. The summed E-state index contributed by atoms with van der Waals surface area (Å²) in [5, 5.41) is 5.09. The molecule has 0 N–H and O–H groups in total. The first-order chi connectivity index (χ1) is 21.3. The van der Waals surface area contributed by atoms with Crippen molar-refractivity contribution in [2.75, 3.05) is 4.90 Å². The van der Waals surface area contributed by atoms with Gasteiger partial charge in [-0.1, -0.05) is 140 Å². The Morgan fingerprint density at radius 1 is 0.511 bits per heavy atom. The highest BCUT2D eigenvalue weighted by atomic mass is 15.1. The molecule has 6 aromatic rings. The zero-order chi connectivity index (χ0) is 32.1. The van der Waals surface area contributed by atoms with Gasteiger partial charge in [-0.2, -0.15) is 0 Å². The molecule has 0 amide bonds. The molecular formula is C44H47N. The molecule has 0 spiro atoms. The Bertz CT molecular complexity index is 1960. The number of nitrogens with zero attached hydrogens (tertiary/aromatic N) is 1. The van der Waals surface area contributed by atoms with Crippen LogP contribution in [0.5, 0.6) is 0 Å². The van der Waals surface area contributed by atoms with Gasteiger partial charge < -0.3 is 4.90 Å². The van der Waals surface area contributed by atoms with Gasteiger partial charge in [0, 0.05) is 22.1 Å². The Hall–Kier alpha value is -4.36. The van der Waals surface area contributed by atoms with Crippen LogP contribution in [-0.2, 0) is 10.8 Å². The van der Waals surface area contributed by atoms with Crippen LogP contribution in [0, 0.1) is 6.92 Å². The molecule has 6 rings (SSSR count). The topological polar surface area (TPSA) is 3.24 Å². The van der Waals surface area contributed by atoms with Gasteiger partial charge in [-0.05, 0) is 98.7 Å². The summed E-state index contributed by atoms with van der Waals surface area (Å²) < 4.78 is 0. The molecule has 0 unspecified atom stereocenters. The molecule has 0 aromatic heterocycles. The van der Waals surface area contributed by atoms with Crippen molar-refractivity contribution in [3.63, 3.8) is 0 Å². The molecule has 0 aliphatic carbocycles. The van der Waals surface area contributed by atoms with E-state index in [4.69, 9.17) is 0 Å². The molecule has 0 radical (unpaired) electrons. The number of hydrogen-bond donors (Lipinski definition) is 0. The number of aryl methyl sites for hydroxylation is 1. The lowest BCUT2D eigenvalue weighted by Crippen LogP contribution is -2.14. The predicted molar refractivity (Wildman–Crippen MR) is 198 cm³/mol. The van der Waals surface area contributed by atoms with Gasteiger partial charge in [0.25, 0.3) is 0 Å². The summed E-state index contributed by atoms with van der Waals surface area (Å²) in [4.78, 5) is 2.49. The summed E-state index contributed by atoms with van der Waals surface area (Å²) in [6, 6.07) is 43.5. The third-order valence-corrected chi connectivity index (χ3v) is 9.22. The Morgan fingerprint density at radius 2 is 1.02 bits per heavy atom. The van der Waals surface area contributed by atoms with Crippen LogP contribution in [0.25, 0.3) is 32.7 Å². The molecule has 0 fully saturated rings. The van der Waals surface area contributed by atoms with Gasteiger partial charge in [-0.25, -0.2) is 0 Å². The predicted octanol–water partition coefficient (Wildman–Crippen LogP) is 13.2. The van der Waals surface area contributed by atoms with Crippen molar-refractivity contribution in [1.82, 2.24) is 0 Å². The van der Waals surface area contributed by atoms with Gasteiger partial charge in [0.15, 0.2) is 0 Å². The van der Waals surface area contributed by atoms with Crippen LogP contribution < -0.4 is 4.90 Å². The molecule has 6 aromatic carbocycles. The molecule has 0 saturated heterocycles. The summed E-state index contributed by atoms with van der Waals surface area (Å²) >= 11 is 0. The quantitative estimate of drug-likeness (QED) is 0.181. The van der Waals surface area contributed by atoms with Gasteiger partial charge in [-0.15, -0.1) is 0 Å². The molecule has 0 atom stereocenters. The van der Waals surface area contributed by atoms with Crippen LogP contribution in [0.1, 0.15) is 83.6 Å². The van der Waals surface area contributed by atoms with E-state index in [2.05, 4.69) is 182 Å². The van der Waals surface area contributed by atoms with Crippen molar-refractivity contribution in [3.05, 3.63) is 138 Å². The molecule has 0 heterocycles. The van der Waals surface area contributed by atoms with E-state index in [9.17, 15) is 0 Å². The second-order valence-corrected chi connectivity index (χ2v) is 15.0. The summed E-state index contributed by atoms with van der Waals surface area (Å²) in [5.74, 6) is 0.476. The fourth-order valence-electron chi connectivity index (χ4n) is 6.41. The average molecular weight is 590 g/mol. The SMILES string of the molecule is Cc1ccc(N(c2ccc(C(C)C)cc2)c2c3ccc(C(C)(C)C)cc3c(-c3ccccc3)c3ccc(C(C)(C)C)cc23)cc1. The van der Waals surface area contributed by atoms with Crippen molar-refractivity contribution in [3.8, 4) is 11.1 Å². The first-order valence-corrected chi connectivity index (χ1v) is 16.4. The van der Waals surface area contributed by atoms with E-state index < -0.39 is 0 Å². The molecule has 228 valence electrons. The summed E-state index contributed by atoms with van der Waals surface area (Å²) in [6.45, 7) is 20.5. The maximum Gasteiger partial charge on any atom is 0.0618 e. The van der Waals surface area contributed by atoms with Crippen LogP contribution >= 0.6 is 0 Å². The van der Waals surface area contributed by atoms with Crippen molar-refractivity contribution < 1.29 is 0 Å². The summed E-state index contributed by atoms with van der Waals surface area (Å²) in [5.41, 5.74) is 11.4. The lowest BCUT2D eigenvalue weighted by molar-refractivity contribution is 0.590. The molecule has 0 saturated carbocycles. The Labute approximate surface area is 270 Å². The molecule has 0 aliphatic rings. The van der Waals surface area contributed by atoms with Crippen LogP contribution in [0.15, 0.2) is 115 Å². The number of hydrogen-bond acceptors (Lipinski definition) is 1. The van der Waals surface area contributed by atoms with E-state index in [0.717, 1.165) is 5.69 Å². The number of anilines is 3. The highest BCUT2D eigenvalue weighted by Gasteiger charge is 2.25. The minimum Gasteiger partial charge on any atom is -0.309 e. The number of benzene rings is 6. The maximum atomic E-state index is 2.49. The monoisotopic (exact) mass is 589 g/mol. The lowest BCUT2D eigenvalue weighted by Gasteiger charge is -2.31. The first kappa shape index (κ1) is 30.7. The highest BCUT2D eigenvalue weighted by Crippen LogP contribution is 2.49. The second-order valence-electron chi connectivity index (χ2n) is 15.0. The fourth-order valence-corrected chi connectivity index (χ4v) is 6.41.